The van der Waals surface area contributed by atoms with Crippen molar-refractivity contribution in [2.75, 3.05) is 18.6 Å². The van der Waals surface area contributed by atoms with Crippen LogP contribution in [0.1, 0.15) is 35.1 Å². The number of amides is 1. The number of carbonyl (C=O) groups excluding carboxylic acids is 2. The SMILES string of the molecule is CN1C(=O)CCc2cc(-n3cnc4c3C(=O)OC(C)(COI)C4)ccc21. The quantitative estimate of drug-likeness (QED) is 0.513. The number of esters is 1. The fraction of sp³-hybridized carbons (Fsp3) is 0.389. The number of hydrogen-bond acceptors (Lipinski definition) is 5. The van der Waals surface area contributed by atoms with E-state index in [4.69, 9.17) is 7.80 Å². The molecule has 0 fully saturated rings. The Kier molecular flexibility index (Phi) is 4.26. The van der Waals surface area contributed by atoms with Crippen LogP contribution in [0, 0.1) is 0 Å². The van der Waals surface area contributed by atoms with Crippen LogP contribution in [-0.2, 0) is 25.4 Å². The number of hydrogen-bond donors (Lipinski definition) is 0. The summed E-state index contributed by atoms with van der Waals surface area (Å²) in [6.45, 7) is 2.15. The summed E-state index contributed by atoms with van der Waals surface area (Å²) >= 11 is 1.80. The lowest BCUT2D eigenvalue weighted by atomic mass is 9.97. The predicted molar refractivity (Wildman–Crippen MR) is 103 cm³/mol. The van der Waals surface area contributed by atoms with Gasteiger partial charge in [-0.05, 0) is 37.1 Å². The van der Waals surface area contributed by atoms with Crippen LogP contribution in [0.5, 0.6) is 0 Å². The van der Waals surface area contributed by atoms with Crippen LogP contribution in [0.25, 0.3) is 5.69 Å². The molecule has 2 aromatic rings. The van der Waals surface area contributed by atoms with Gasteiger partial charge in [0.1, 0.15) is 34.9 Å². The highest BCUT2D eigenvalue weighted by Crippen LogP contribution is 2.32. The Morgan fingerprint density at radius 2 is 2.15 bits per heavy atom. The number of nitrogens with zero attached hydrogens (tertiary/aromatic N) is 3. The monoisotopic (exact) mass is 467 g/mol. The summed E-state index contributed by atoms with van der Waals surface area (Å²) in [6.07, 6.45) is 3.35. The van der Waals surface area contributed by atoms with E-state index in [0.717, 1.165) is 16.9 Å². The van der Waals surface area contributed by atoms with Gasteiger partial charge in [-0.25, -0.2) is 9.78 Å². The molecule has 1 aromatic heterocycles. The van der Waals surface area contributed by atoms with Gasteiger partial charge in [-0.2, -0.15) is 0 Å². The fourth-order valence-electron chi connectivity index (χ4n) is 3.58. The van der Waals surface area contributed by atoms with E-state index < -0.39 is 11.6 Å². The Bertz CT molecular complexity index is 910. The number of halogens is 1. The van der Waals surface area contributed by atoms with Crippen LogP contribution >= 0.6 is 23.0 Å². The third-order valence-electron chi connectivity index (χ3n) is 4.96. The van der Waals surface area contributed by atoms with E-state index in [1.54, 1.807) is 45.8 Å². The molecule has 4 rings (SSSR count). The summed E-state index contributed by atoms with van der Waals surface area (Å²) in [5, 5.41) is 0. The standard InChI is InChI=1S/C18H18IN3O4/c1-18(9-25-19)8-13-16(17(24)26-18)22(10-20-13)12-4-5-14-11(7-12)3-6-15(23)21(14)2/h4-5,7,10H,3,6,8-9H2,1-2H3. The molecule has 1 aromatic carbocycles. The van der Waals surface area contributed by atoms with Gasteiger partial charge in [0.25, 0.3) is 0 Å². The molecule has 1 amide bonds. The molecule has 26 heavy (non-hydrogen) atoms. The molecule has 0 aliphatic carbocycles. The molecule has 3 heterocycles. The lowest BCUT2D eigenvalue weighted by molar-refractivity contribution is -0.118. The number of fused-ring (bicyclic) bond motifs is 2. The first-order chi connectivity index (χ1) is 12.4. The van der Waals surface area contributed by atoms with Gasteiger partial charge in [0, 0.05) is 31.3 Å². The number of benzene rings is 1. The van der Waals surface area contributed by atoms with Crippen molar-refractivity contribution in [3.63, 3.8) is 0 Å². The van der Waals surface area contributed by atoms with E-state index in [9.17, 15) is 9.59 Å². The number of rotatable bonds is 3. The molecule has 7 nitrogen and oxygen atoms in total. The minimum absolute atomic E-state index is 0.116. The number of cyclic esters (lactones) is 1. The molecule has 136 valence electrons. The Balaban J connectivity index is 1.72. The van der Waals surface area contributed by atoms with E-state index >= 15 is 0 Å². The molecular weight excluding hydrogens is 449 g/mol. The third kappa shape index (κ3) is 2.81. The minimum atomic E-state index is -0.705. The van der Waals surface area contributed by atoms with Crippen molar-refractivity contribution in [1.29, 1.82) is 0 Å². The molecule has 8 heteroatoms. The van der Waals surface area contributed by atoms with Crippen molar-refractivity contribution in [2.24, 2.45) is 0 Å². The van der Waals surface area contributed by atoms with Gasteiger partial charge in [0.2, 0.25) is 5.91 Å². The predicted octanol–water partition coefficient (Wildman–Crippen LogP) is 2.62. The second-order valence-corrected chi connectivity index (χ2v) is 7.57. The van der Waals surface area contributed by atoms with E-state index in [1.807, 2.05) is 25.1 Å². The Hall–Kier alpha value is -1.94. The van der Waals surface area contributed by atoms with Crippen molar-refractivity contribution in [3.05, 3.63) is 41.5 Å². The largest absolute Gasteiger partial charge is 0.452 e. The van der Waals surface area contributed by atoms with Crippen molar-refractivity contribution in [1.82, 2.24) is 9.55 Å². The van der Waals surface area contributed by atoms with Crippen LogP contribution < -0.4 is 4.90 Å². The first kappa shape index (κ1) is 17.5. The normalized spacial score (nSPS) is 22.0. The summed E-state index contributed by atoms with van der Waals surface area (Å²) in [4.78, 5) is 30.6. The van der Waals surface area contributed by atoms with Gasteiger partial charge in [0.05, 0.1) is 12.3 Å². The van der Waals surface area contributed by atoms with E-state index in [-0.39, 0.29) is 5.91 Å². The van der Waals surface area contributed by atoms with Gasteiger partial charge in [-0.1, -0.05) is 0 Å². The van der Waals surface area contributed by atoms with Crippen LogP contribution in [0.3, 0.4) is 0 Å². The van der Waals surface area contributed by atoms with Gasteiger partial charge in [0.15, 0.2) is 5.69 Å². The van der Waals surface area contributed by atoms with Crippen LogP contribution in [0.2, 0.25) is 0 Å². The average Bonchev–Trinajstić information content (AvgIpc) is 3.01. The second-order valence-electron chi connectivity index (χ2n) is 6.95. The minimum Gasteiger partial charge on any atom is -0.452 e. The smallest absolute Gasteiger partial charge is 0.357 e. The molecule has 2 aliphatic heterocycles. The van der Waals surface area contributed by atoms with Gasteiger partial charge >= 0.3 is 5.97 Å². The van der Waals surface area contributed by atoms with Crippen molar-refractivity contribution >= 4 is 40.6 Å². The third-order valence-corrected chi connectivity index (χ3v) is 5.27. The highest BCUT2D eigenvalue weighted by atomic mass is 127. The molecule has 0 spiro atoms. The maximum Gasteiger partial charge on any atom is 0.357 e. The zero-order valence-electron chi connectivity index (χ0n) is 14.5. The van der Waals surface area contributed by atoms with Crippen LogP contribution in [0.4, 0.5) is 5.69 Å². The number of anilines is 1. The van der Waals surface area contributed by atoms with Crippen molar-refractivity contribution < 1.29 is 17.4 Å². The number of carbonyl (C=O) groups is 2. The van der Waals surface area contributed by atoms with Crippen LogP contribution in [-0.4, -0.2) is 40.7 Å². The molecule has 0 bridgehead atoms. The second kappa shape index (κ2) is 6.34. The average molecular weight is 467 g/mol. The first-order valence-electron chi connectivity index (χ1n) is 8.35. The zero-order chi connectivity index (χ0) is 18.5. The molecule has 0 radical (unpaired) electrons. The fourth-order valence-corrected chi connectivity index (χ4v) is 4.24. The lowest BCUT2D eigenvalue weighted by Gasteiger charge is -2.32. The molecule has 1 unspecified atom stereocenters. The number of aryl methyl sites for hydroxylation is 1. The Morgan fingerprint density at radius 3 is 2.92 bits per heavy atom. The molecule has 0 saturated heterocycles. The maximum absolute atomic E-state index is 12.6. The topological polar surface area (TPSA) is 73.7 Å². The van der Waals surface area contributed by atoms with E-state index in [2.05, 4.69) is 4.98 Å². The summed E-state index contributed by atoms with van der Waals surface area (Å²) < 4.78 is 12.5. The summed E-state index contributed by atoms with van der Waals surface area (Å²) in [5.41, 5.74) is 3.29. The molecule has 0 N–H and O–H groups in total. The van der Waals surface area contributed by atoms with Crippen molar-refractivity contribution in [3.8, 4) is 5.69 Å². The Labute approximate surface area is 165 Å². The summed E-state index contributed by atoms with van der Waals surface area (Å²) in [7, 11) is 1.78. The van der Waals surface area contributed by atoms with E-state index in [1.165, 1.54) is 0 Å². The molecule has 2 aliphatic rings. The van der Waals surface area contributed by atoms with Crippen molar-refractivity contribution in [2.45, 2.75) is 31.8 Å². The highest BCUT2D eigenvalue weighted by Gasteiger charge is 2.40. The summed E-state index contributed by atoms with van der Waals surface area (Å²) in [6, 6.07) is 5.82. The first-order valence-corrected chi connectivity index (χ1v) is 9.23. The molecule has 0 saturated carbocycles. The zero-order valence-corrected chi connectivity index (χ0v) is 16.6. The van der Waals surface area contributed by atoms with Gasteiger partial charge < -0.3 is 12.7 Å². The number of imidazole rings is 1. The number of aromatic nitrogens is 2. The molecule has 1 atom stereocenters. The molecular formula is C18H18IN3O4. The van der Waals surface area contributed by atoms with Crippen LogP contribution in [0.15, 0.2) is 24.5 Å². The lowest BCUT2D eigenvalue weighted by Crippen LogP contribution is -2.42. The van der Waals surface area contributed by atoms with E-state index in [0.29, 0.717) is 37.3 Å². The number of ether oxygens (including phenoxy) is 1. The summed E-state index contributed by atoms with van der Waals surface area (Å²) in [5.74, 6) is -0.282. The van der Waals surface area contributed by atoms with Gasteiger partial charge in [-0.15, -0.1) is 0 Å². The highest BCUT2D eigenvalue weighted by molar-refractivity contribution is 14.1. The maximum atomic E-state index is 12.6. The Morgan fingerprint density at radius 1 is 1.35 bits per heavy atom. The van der Waals surface area contributed by atoms with Gasteiger partial charge in [-0.3, -0.25) is 9.36 Å².